The van der Waals surface area contributed by atoms with Crippen LogP contribution in [0.25, 0.3) is 11.1 Å². The first-order valence-corrected chi connectivity index (χ1v) is 7.38. The quantitative estimate of drug-likeness (QED) is 0.381. The first kappa shape index (κ1) is 16.7. The molecule has 0 aliphatic carbocycles. The number of nitrogens with two attached hydrogens (primary N) is 2. The van der Waals surface area contributed by atoms with Gasteiger partial charge in [-0.25, -0.2) is 0 Å². The fraction of sp³-hybridized carbons (Fsp3) is 0.0714. The fourth-order valence-corrected chi connectivity index (χ4v) is 2.05. The first-order valence-electron chi connectivity index (χ1n) is 5.94. The van der Waals surface area contributed by atoms with Crippen LogP contribution in [-0.2, 0) is 10.1 Å². The van der Waals surface area contributed by atoms with Gasteiger partial charge in [0.05, 0.1) is 4.90 Å². The van der Waals surface area contributed by atoms with Crippen molar-refractivity contribution in [2.75, 3.05) is 0 Å². The molecule has 0 spiro atoms. The van der Waals surface area contributed by atoms with Crippen molar-refractivity contribution in [3.05, 3.63) is 54.1 Å². The maximum absolute atomic E-state index is 10.9. The summed E-state index contributed by atoms with van der Waals surface area (Å²) in [4.78, 5) is -0.0895. The molecule has 2 rings (SSSR count). The van der Waals surface area contributed by atoms with Crippen LogP contribution in [0.2, 0.25) is 0 Å². The standard InChI is InChI=1S/C13H12O3S.CH5N3/c1-10-2-4-11(5-3-10)12-6-8-13(9-7-12)17(14,15)16;2-1(3)4/h2-9H,1H3,(H,14,15,16);(H5,2,3,4). The number of rotatable bonds is 2. The monoisotopic (exact) mass is 307 g/mol. The number of hydrogen-bond donors (Lipinski definition) is 4. The van der Waals surface area contributed by atoms with E-state index in [9.17, 15) is 8.42 Å². The van der Waals surface area contributed by atoms with E-state index in [-0.39, 0.29) is 10.9 Å². The minimum absolute atomic E-state index is 0.0895. The Labute approximate surface area is 123 Å². The zero-order valence-corrected chi connectivity index (χ0v) is 12.3. The maximum atomic E-state index is 10.9. The van der Waals surface area contributed by atoms with Crippen LogP contribution in [-0.4, -0.2) is 18.9 Å². The molecule has 0 radical (unpaired) electrons. The molecule has 112 valence electrons. The molecule has 0 saturated heterocycles. The molecule has 6 nitrogen and oxygen atoms in total. The van der Waals surface area contributed by atoms with E-state index in [0.717, 1.165) is 11.1 Å². The summed E-state index contributed by atoms with van der Waals surface area (Å²) in [7, 11) is -4.11. The topological polar surface area (TPSA) is 130 Å². The normalized spacial score (nSPS) is 10.4. The molecular formula is C14H17N3O3S. The molecule has 0 amide bonds. The lowest BCUT2D eigenvalue weighted by atomic mass is 10.0. The van der Waals surface area contributed by atoms with Crippen molar-refractivity contribution in [1.82, 2.24) is 0 Å². The molecule has 21 heavy (non-hydrogen) atoms. The van der Waals surface area contributed by atoms with Crippen molar-refractivity contribution in [3.8, 4) is 11.1 Å². The molecule has 0 bridgehead atoms. The Morgan fingerprint density at radius 3 is 1.62 bits per heavy atom. The van der Waals surface area contributed by atoms with Crippen molar-refractivity contribution < 1.29 is 13.0 Å². The Morgan fingerprint density at radius 1 is 0.952 bits per heavy atom. The molecule has 0 atom stereocenters. The summed E-state index contributed by atoms with van der Waals surface area (Å²) in [6.45, 7) is 2.01. The van der Waals surface area contributed by atoms with E-state index in [4.69, 9.17) is 9.96 Å². The fourth-order valence-electron chi connectivity index (χ4n) is 1.57. The molecule has 0 saturated carbocycles. The smallest absolute Gasteiger partial charge is 0.294 e. The summed E-state index contributed by atoms with van der Waals surface area (Å²) in [5.41, 5.74) is 12.0. The zero-order chi connectivity index (χ0) is 16.0. The first-order chi connectivity index (χ1) is 9.70. The van der Waals surface area contributed by atoms with E-state index in [1.54, 1.807) is 12.1 Å². The van der Waals surface area contributed by atoms with Crippen LogP contribution in [0.4, 0.5) is 0 Å². The average molecular weight is 307 g/mol. The lowest BCUT2D eigenvalue weighted by Gasteiger charge is -2.03. The lowest BCUT2D eigenvalue weighted by molar-refractivity contribution is 0.483. The third kappa shape index (κ3) is 5.64. The molecule has 0 aromatic heterocycles. The Kier molecular flexibility index (Phi) is 5.45. The second-order valence-electron chi connectivity index (χ2n) is 4.32. The summed E-state index contributed by atoms with van der Waals surface area (Å²) in [6.07, 6.45) is 0. The Bertz CT molecular complexity index is 704. The van der Waals surface area contributed by atoms with Gasteiger partial charge in [0.15, 0.2) is 5.96 Å². The van der Waals surface area contributed by atoms with Gasteiger partial charge in [0.25, 0.3) is 10.1 Å². The van der Waals surface area contributed by atoms with Crippen LogP contribution in [0, 0.1) is 12.3 Å². The molecule has 0 aliphatic heterocycles. The second kappa shape index (κ2) is 6.87. The average Bonchev–Trinajstić information content (AvgIpc) is 2.38. The number of aryl methyl sites for hydroxylation is 1. The van der Waals surface area contributed by atoms with Gasteiger partial charge in [-0.1, -0.05) is 42.0 Å². The third-order valence-electron chi connectivity index (χ3n) is 2.54. The van der Waals surface area contributed by atoms with E-state index < -0.39 is 10.1 Å². The summed E-state index contributed by atoms with van der Waals surface area (Å²) < 4.78 is 30.6. The van der Waals surface area contributed by atoms with Crippen LogP contribution in [0.5, 0.6) is 0 Å². The SMILES string of the molecule is Cc1ccc(-c2ccc(S(=O)(=O)O)cc2)cc1.N=C(N)N. The number of benzene rings is 2. The molecule has 6 N–H and O–H groups in total. The Balaban J connectivity index is 0.000000491. The van der Waals surface area contributed by atoms with Gasteiger partial charge in [0.1, 0.15) is 0 Å². The Hall–Kier alpha value is -2.38. The van der Waals surface area contributed by atoms with Gasteiger partial charge in [0, 0.05) is 0 Å². The van der Waals surface area contributed by atoms with Crippen molar-refractivity contribution >= 4 is 16.1 Å². The van der Waals surface area contributed by atoms with Crippen LogP contribution < -0.4 is 11.5 Å². The van der Waals surface area contributed by atoms with Crippen molar-refractivity contribution in [2.45, 2.75) is 11.8 Å². The molecule has 0 heterocycles. The van der Waals surface area contributed by atoms with Crippen LogP contribution >= 0.6 is 0 Å². The minimum Gasteiger partial charge on any atom is -0.370 e. The highest BCUT2D eigenvalue weighted by Crippen LogP contribution is 2.21. The summed E-state index contributed by atoms with van der Waals surface area (Å²) in [5.74, 6) is -0.333. The van der Waals surface area contributed by atoms with E-state index >= 15 is 0 Å². The number of hydrogen-bond acceptors (Lipinski definition) is 3. The predicted octanol–water partition coefficient (Wildman–Crippen LogP) is 1.75. The lowest BCUT2D eigenvalue weighted by Crippen LogP contribution is -2.20. The largest absolute Gasteiger partial charge is 0.370 e. The molecule has 0 fully saturated rings. The van der Waals surface area contributed by atoms with Gasteiger partial charge >= 0.3 is 0 Å². The highest BCUT2D eigenvalue weighted by atomic mass is 32.2. The van der Waals surface area contributed by atoms with Gasteiger partial charge in [-0.3, -0.25) is 9.96 Å². The molecular weight excluding hydrogens is 290 g/mol. The van der Waals surface area contributed by atoms with Crippen molar-refractivity contribution in [1.29, 1.82) is 5.41 Å². The van der Waals surface area contributed by atoms with Crippen LogP contribution in [0.3, 0.4) is 0 Å². The highest BCUT2D eigenvalue weighted by Gasteiger charge is 2.08. The highest BCUT2D eigenvalue weighted by molar-refractivity contribution is 7.85. The van der Waals surface area contributed by atoms with E-state index in [2.05, 4.69) is 11.5 Å². The number of nitrogens with one attached hydrogen (secondary N) is 1. The predicted molar refractivity (Wildman–Crippen MR) is 82.5 cm³/mol. The van der Waals surface area contributed by atoms with Gasteiger partial charge in [-0.05, 0) is 30.2 Å². The van der Waals surface area contributed by atoms with Gasteiger partial charge in [-0.2, -0.15) is 8.42 Å². The van der Waals surface area contributed by atoms with Crippen LogP contribution in [0.1, 0.15) is 5.56 Å². The van der Waals surface area contributed by atoms with Crippen molar-refractivity contribution in [2.24, 2.45) is 11.5 Å². The van der Waals surface area contributed by atoms with Gasteiger partial charge in [-0.15, -0.1) is 0 Å². The van der Waals surface area contributed by atoms with E-state index in [0.29, 0.717) is 0 Å². The van der Waals surface area contributed by atoms with Crippen molar-refractivity contribution in [3.63, 3.8) is 0 Å². The zero-order valence-electron chi connectivity index (χ0n) is 11.4. The van der Waals surface area contributed by atoms with E-state index in [1.807, 2.05) is 31.2 Å². The Morgan fingerprint density at radius 2 is 1.29 bits per heavy atom. The second-order valence-corrected chi connectivity index (χ2v) is 5.74. The van der Waals surface area contributed by atoms with Crippen LogP contribution in [0.15, 0.2) is 53.4 Å². The molecule has 0 unspecified atom stereocenters. The van der Waals surface area contributed by atoms with Gasteiger partial charge < -0.3 is 11.5 Å². The number of guanidine groups is 1. The minimum atomic E-state index is -4.11. The molecule has 7 heteroatoms. The molecule has 0 aliphatic rings. The molecule has 2 aromatic carbocycles. The summed E-state index contributed by atoms with van der Waals surface area (Å²) in [6, 6.07) is 14.1. The third-order valence-corrected chi connectivity index (χ3v) is 3.40. The van der Waals surface area contributed by atoms with Gasteiger partial charge in [0.2, 0.25) is 0 Å². The maximum Gasteiger partial charge on any atom is 0.294 e. The summed E-state index contributed by atoms with van der Waals surface area (Å²) >= 11 is 0. The van der Waals surface area contributed by atoms with E-state index in [1.165, 1.54) is 17.7 Å². The summed E-state index contributed by atoms with van der Waals surface area (Å²) in [5, 5.41) is 6.06. The molecule has 2 aromatic rings.